The van der Waals surface area contributed by atoms with Gasteiger partial charge in [-0.15, -0.1) is 0 Å². The van der Waals surface area contributed by atoms with Crippen molar-refractivity contribution in [3.8, 4) is 0 Å². The molecule has 0 aromatic carbocycles. The van der Waals surface area contributed by atoms with E-state index in [4.69, 9.17) is 4.74 Å². The van der Waals surface area contributed by atoms with Crippen LogP contribution in [0, 0.1) is 34.5 Å². The highest BCUT2D eigenvalue weighted by Crippen LogP contribution is 2.68. The van der Waals surface area contributed by atoms with Crippen molar-refractivity contribution < 1.29 is 24.2 Å². The third-order valence-corrected chi connectivity index (χ3v) is 9.50. The molecule has 4 rings (SSSR count). The smallest absolute Gasteiger partial charge is 0.303 e. The molecule has 3 saturated carbocycles. The molecule has 0 aromatic rings. The van der Waals surface area contributed by atoms with Gasteiger partial charge < -0.3 is 9.84 Å². The lowest BCUT2D eigenvalue weighted by molar-refractivity contribution is -0.202. The van der Waals surface area contributed by atoms with Crippen molar-refractivity contribution in [3.63, 3.8) is 0 Å². The summed E-state index contributed by atoms with van der Waals surface area (Å²) in [7, 11) is 0. The number of rotatable bonds is 2. The van der Waals surface area contributed by atoms with Gasteiger partial charge in [-0.25, -0.2) is 0 Å². The highest BCUT2D eigenvalue weighted by Gasteiger charge is 2.66. The normalized spacial score (nSPS) is 48.8. The molecule has 0 spiro atoms. The highest BCUT2D eigenvalue weighted by atomic mass is 16.6. The summed E-state index contributed by atoms with van der Waals surface area (Å²) in [5, 5.41) is 11.7. The van der Waals surface area contributed by atoms with Crippen LogP contribution < -0.4 is 0 Å². The molecule has 0 bridgehead atoms. The second-order valence-corrected chi connectivity index (χ2v) is 10.6. The van der Waals surface area contributed by atoms with Crippen LogP contribution in [0.3, 0.4) is 0 Å². The van der Waals surface area contributed by atoms with E-state index in [1.165, 1.54) is 6.92 Å². The van der Waals surface area contributed by atoms with Gasteiger partial charge >= 0.3 is 5.97 Å². The number of ether oxygens (including phenoxy) is 1. The number of hydrogen-bond donors (Lipinski definition) is 1. The van der Waals surface area contributed by atoms with Crippen molar-refractivity contribution >= 4 is 17.5 Å². The number of esters is 1. The van der Waals surface area contributed by atoms with Crippen molar-refractivity contribution in [3.05, 3.63) is 11.6 Å². The fourth-order valence-corrected chi connectivity index (χ4v) is 7.95. The summed E-state index contributed by atoms with van der Waals surface area (Å²) >= 11 is 0. The molecule has 29 heavy (non-hydrogen) atoms. The Kier molecular flexibility index (Phi) is 4.66. The van der Waals surface area contributed by atoms with Gasteiger partial charge in [-0.1, -0.05) is 19.4 Å². The van der Waals surface area contributed by atoms with Gasteiger partial charge in [0.25, 0.3) is 0 Å². The molecule has 0 aromatic heterocycles. The first-order valence-electron chi connectivity index (χ1n) is 11.1. The van der Waals surface area contributed by atoms with Crippen LogP contribution in [-0.2, 0) is 19.1 Å². The molecule has 4 aliphatic carbocycles. The second kappa shape index (κ2) is 6.50. The molecule has 160 valence electrons. The van der Waals surface area contributed by atoms with Crippen molar-refractivity contribution in [2.45, 2.75) is 84.8 Å². The first kappa shape index (κ1) is 20.8. The number of carbonyl (C=O) groups is 3. The summed E-state index contributed by atoms with van der Waals surface area (Å²) in [5.41, 5.74) is -1.02. The number of hydrogen-bond acceptors (Lipinski definition) is 5. The second-order valence-electron chi connectivity index (χ2n) is 10.6. The van der Waals surface area contributed by atoms with Crippen LogP contribution in [0.4, 0.5) is 0 Å². The molecule has 0 aliphatic heterocycles. The van der Waals surface area contributed by atoms with E-state index in [0.29, 0.717) is 17.6 Å². The monoisotopic (exact) mass is 402 g/mol. The molecular formula is C24H34O5. The van der Waals surface area contributed by atoms with Crippen molar-refractivity contribution in [1.82, 2.24) is 0 Å². The van der Waals surface area contributed by atoms with Gasteiger partial charge in [0.2, 0.25) is 0 Å². The Morgan fingerprint density at radius 1 is 1.07 bits per heavy atom. The molecule has 5 heteroatoms. The van der Waals surface area contributed by atoms with Crippen LogP contribution in [0.15, 0.2) is 11.6 Å². The van der Waals surface area contributed by atoms with Crippen LogP contribution in [-0.4, -0.2) is 34.3 Å². The highest BCUT2D eigenvalue weighted by molar-refractivity contribution is 5.98. The fourth-order valence-electron chi connectivity index (χ4n) is 7.95. The van der Waals surface area contributed by atoms with E-state index in [9.17, 15) is 19.5 Å². The molecule has 4 aliphatic rings. The number of aliphatic hydroxyl groups is 1. The van der Waals surface area contributed by atoms with Crippen molar-refractivity contribution in [1.29, 1.82) is 0 Å². The van der Waals surface area contributed by atoms with E-state index >= 15 is 0 Å². The standard InChI is InChI=1S/C24H34O5/c1-13(25)17-8-9-18-16-7-6-15-12-20(27)21(29-14(2)26)24(5,28)23(15,4)19(16)10-11-22(17,18)3/h12,16-19,21,28H,6-11H2,1-5H3/t16-,17+,18-,19-,21?,22+,23-,24?/m0/s1. The minimum atomic E-state index is -1.45. The predicted octanol–water partition coefficient (Wildman–Crippen LogP) is 3.63. The number of ketones is 2. The molecule has 2 unspecified atom stereocenters. The van der Waals surface area contributed by atoms with Gasteiger partial charge in [0.1, 0.15) is 11.4 Å². The summed E-state index contributed by atoms with van der Waals surface area (Å²) in [4.78, 5) is 36.7. The Labute approximate surface area is 173 Å². The van der Waals surface area contributed by atoms with Crippen molar-refractivity contribution in [2.75, 3.05) is 0 Å². The summed E-state index contributed by atoms with van der Waals surface area (Å²) in [6.07, 6.45) is 6.18. The Hall–Kier alpha value is -1.49. The Bertz CT molecular complexity index is 795. The molecule has 0 radical (unpaired) electrons. The summed E-state index contributed by atoms with van der Waals surface area (Å²) in [6.45, 7) is 9.05. The lowest BCUT2D eigenvalue weighted by atomic mass is 9.43. The molecule has 3 fully saturated rings. The molecule has 0 heterocycles. The largest absolute Gasteiger partial charge is 0.451 e. The SMILES string of the molecule is CC(=O)OC1C(=O)C=C2CC[C@H]3[C@@H]4CC[C@H](C(C)=O)[C@@]4(C)CC[C@@H]3[C@@]2(C)C1(C)O. The average molecular weight is 403 g/mol. The summed E-state index contributed by atoms with van der Waals surface area (Å²) in [6, 6.07) is 0. The van der Waals surface area contributed by atoms with Crippen LogP contribution in [0.2, 0.25) is 0 Å². The zero-order valence-electron chi connectivity index (χ0n) is 18.3. The third kappa shape index (κ3) is 2.65. The molecule has 0 amide bonds. The fraction of sp³-hybridized carbons (Fsp3) is 0.792. The van der Waals surface area contributed by atoms with Crippen molar-refractivity contribution in [2.24, 2.45) is 34.5 Å². The lowest BCUT2D eigenvalue weighted by Crippen LogP contribution is -2.66. The Balaban J connectivity index is 1.74. The maximum absolute atomic E-state index is 12.7. The average Bonchev–Trinajstić information content (AvgIpc) is 2.98. The number of Topliss-reactive ketones (excluding diaryl/α,β-unsaturated/α-hetero) is 1. The van der Waals surface area contributed by atoms with Gasteiger partial charge in [-0.05, 0) is 81.6 Å². The van der Waals surface area contributed by atoms with E-state index in [2.05, 4.69) is 13.8 Å². The molecule has 0 saturated heterocycles. The van der Waals surface area contributed by atoms with Gasteiger partial charge in [0.05, 0.1) is 0 Å². The van der Waals surface area contributed by atoms with E-state index in [-0.39, 0.29) is 23.0 Å². The predicted molar refractivity (Wildman–Crippen MR) is 108 cm³/mol. The van der Waals surface area contributed by atoms with Gasteiger partial charge in [-0.2, -0.15) is 0 Å². The Morgan fingerprint density at radius 2 is 1.76 bits per heavy atom. The number of carbonyl (C=O) groups excluding carboxylic acids is 3. The first-order valence-corrected chi connectivity index (χ1v) is 11.1. The van der Waals surface area contributed by atoms with E-state index in [0.717, 1.165) is 44.1 Å². The van der Waals surface area contributed by atoms with Crippen LogP contribution in [0.1, 0.15) is 73.1 Å². The first-order chi connectivity index (χ1) is 13.4. The number of fused-ring (bicyclic) bond motifs is 5. The maximum atomic E-state index is 12.7. The van der Waals surface area contributed by atoms with Crippen LogP contribution >= 0.6 is 0 Å². The van der Waals surface area contributed by atoms with Gasteiger partial charge in [0, 0.05) is 18.3 Å². The molecule has 5 nitrogen and oxygen atoms in total. The summed E-state index contributed by atoms with van der Waals surface area (Å²) < 4.78 is 5.34. The van der Waals surface area contributed by atoms with Gasteiger partial charge in [0.15, 0.2) is 11.9 Å². The van der Waals surface area contributed by atoms with E-state index in [1.807, 2.05) is 0 Å². The maximum Gasteiger partial charge on any atom is 0.303 e. The molecular weight excluding hydrogens is 368 g/mol. The van der Waals surface area contributed by atoms with E-state index in [1.54, 1.807) is 19.9 Å². The minimum Gasteiger partial charge on any atom is -0.451 e. The topological polar surface area (TPSA) is 80.7 Å². The zero-order valence-corrected chi connectivity index (χ0v) is 18.3. The van der Waals surface area contributed by atoms with Crippen LogP contribution in [0.5, 0.6) is 0 Å². The molecule has 8 atom stereocenters. The molecule has 1 N–H and O–H groups in total. The third-order valence-electron chi connectivity index (χ3n) is 9.50. The lowest BCUT2D eigenvalue weighted by Gasteiger charge is -2.62. The zero-order chi connectivity index (χ0) is 21.4. The summed E-state index contributed by atoms with van der Waals surface area (Å²) in [5.74, 6) is 0.683. The van der Waals surface area contributed by atoms with E-state index < -0.39 is 23.1 Å². The van der Waals surface area contributed by atoms with Crippen LogP contribution in [0.25, 0.3) is 0 Å². The quantitative estimate of drug-likeness (QED) is 0.714. The Morgan fingerprint density at radius 3 is 2.38 bits per heavy atom. The van der Waals surface area contributed by atoms with Gasteiger partial charge in [-0.3, -0.25) is 14.4 Å². The minimum absolute atomic E-state index is 0.0379.